The highest BCUT2D eigenvalue weighted by atomic mass is 19.1. The number of ether oxygens (including phenoxy) is 1. The molecule has 1 aromatic carbocycles. The molecule has 0 aromatic heterocycles. The monoisotopic (exact) mass is 252 g/mol. The lowest BCUT2D eigenvalue weighted by molar-refractivity contribution is 0.205. The van der Waals surface area contributed by atoms with Crippen LogP contribution in [0.3, 0.4) is 0 Å². The van der Waals surface area contributed by atoms with Gasteiger partial charge in [-0.2, -0.15) is 5.26 Å². The van der Waals surface area contributed by atoms with E-state index in [0.717, 1.165) is 0 Å². The Labute approximate surface area is 106 Å². The Morgan fingerprint density at radius 1 is 1.44 bits per heavy atom. The standard InChI is InChI=1S/C13H17FN2O2/c1-18-8-7-16(6-2-5-15)13-4-3-11(10-17)9-12(13)14/h3-4,9,17H,2,6-8,10H2,1H3. The van der Waals surface area contributed by atoms with Crippen LogP contribution in [0.25, 0.3) is 0 Å². The number of methoxy groups -OCH3 is 1. The van der Waals surface area contributed by atoms with Gasteiger partial charge in [0, 0.05) is 20.2 Å². The Morgan fingerprint density at radius 2 is 2.22 bits per heavy atom. The van der Waals surface area contributed by atoms with Crippen molar-refractivity contribution in [1.29, 1.82) is 5.26 Å². The number of aliphatic hydroxyl groups is 1. The maximum absolute atomic E-state index is 13.9. The number of nitriles is 1. The molecule has 0 aliphatic rings. The molecule has 0 saturated heterocycles. The van der Waals surface area contributed by atoms with E-state index in [1.807, 2.05) is 6.07 Å². The molecule has 1 aromatic rings. The van der Waals surface area contributed by atoms with Crippen LogP contribution < -0.4 is 4.90 Å². The Hall–Kier alpha value is -1.64. The van der Waals surface area contributed by atoms with E-state index in [1.54, 1.807) is 24.1 Å². The summed E-state index contributed by atoms with van der Waals surface area (Å²) in [4.78, 5) is 1.77. The van der Waals surface area contributed by atoms with Crippen molar-refractivity contribution in [3.63, 3.8) is 0 Å². The highest BCUT2D eigenvalue weighted by Crippen LogP contribution is 2.20. The summed E-state index contributed by atoms with van der Waals surface area (Å²) < 4.78 is 18.8. The van der Waals surface area contributed by atoms with Crippen LogP contribution in [-0.4, -0.2) is 31.9 Å². The predicted molar refractivity (Wildman–Crippen MR) is 66.6 cm³/mol. The molecule has 98 valence electrons. The number of benzene rings is 1. The van der Waals surface area contributed by atoms with Gasteiger partial charge in [-0.25, -0.2) is 4.39 Å². The molecule has 0 saturated carbocycles. The van der Waals surface area contributed by atoms with Crippen molar-refractivity contribution < 1.29 is 14.2 Å². The molecule has 1 N–H and O–H groups in total. The van der Waals surface area contributed by atoms with Crippen LogP contribution in [0.5, 0.6) is 0 Å². The third-order valence-corrected chi connectivity index (χ3v) is 2.59. The molecule has 0 bridgehead atoms. The largest absolute Gasteiger partial charge is 0.392 e. The number of aliphatic hydroxyl groups excluding tert-OH is 1. The maximum Gasteiger partial charge on any atom is 0.146 e. The van der Waals surface area contributed by atoms with Crippen molar-refractivity contribution in [2.45, 2.75) is 13.0 Å². The molecule has 4 nitrogen and oxygen atoms in total. The van der Waals surface area contributed by atoms with E-state index in [2.05, 4.69) is 0 Å². The number of hydrogen-bond donors (Lipinski definition) is 1. The highest BCUT2D eigenvalue weighted by molar-refractivity contribution is 5.49. The highest BCUT2D eigenvalue weighted by Gasteiger charge is 2.11. The van der Waals surface area contributed by atoms with E-state index in [4.69, 9.17) is 15.1 Å². The fourth-order valence-electron chi connectivity index (χ4n) is 1.64. The molecule has 1 rings (SSSR count). The first-order chi connectivity index (χ1) is 8.72. The van der Waals surface area contributed by atoms with E-state index in [-0.39, 0.29) is 6.61 Å². The van der Waals surface area contributed by atoms with Gasteiger partial charge in [-0.15, -0.1) is 0 Å². The van der Waals surface area contributed by atoms with E-state index < -0.39 is 5.82 Å². The summed E-state index contributed by atoms with van der Waals surface area (Å²) in [6.07, 6.45) is 0.324. The van der Waals surface area contributed by atoms with Crippen LogP contribution in [0.2, 0.25) is 0 Å². The molecule has 0 aliphatic heterocycles. The summed E-state index contributed by atoms with van der Waals surface area (Å²) in [5.41, 5.74) is 0.961. The molecule has 0 atom stereocenters. The quantitative estimate of drug-likeness (QED) is 0.802. The molecule has 0 radical (unpaired) electrons. The smallest absolute Gasteiger partial charge is 0.146 e. The second-order valence-electron chi connectivity index (χ2n) is 3.83. The van der Waals surface area contributed by atoms with Gasteiger partial charge in [-0.1, -0.05) is 6.07 Å². The van der Waals surface area contributed by atoms with Crippen molar-refractivity contribution in [2.24, 2.45) is 0 Å². The topological polar surface area (TPSA) is 56.5 Å². The summed E-state index contributed by atoms with van der Waals surface area (Å²) in [6, 6.07) is 6.64. The number of hydrogen-bond acceptors (Lipinski definition) is 4. The SMILES string of the molecule is COCCN(CCC#N)c1ccc(CO)cc1F. The van der Waals surface area contributed by atoms with Gasteiger partial charge in [0.2, 0.25) is 0 Å². The van der Waals surface area contributed by atoms with Crippen molar-refractivity contribution in [2.75, 3.05) is 31.7 Å². The molecule has 0 spiro atoms. The van der Waals surface area contributed by atoms with Crippen molar-refractivity contribution in [1.82, 2.24) is 0 Å². The molecule has 0 heterocycles. The molecular formula is C13H17FN2O2. The van der Waals surface area contributed by atoms with Crippen molar-refractivity contribution in [3.05, 3.63) is 29.6 Å². The zero-order valence-electron chi connectivity index (χ0n) is 10.4. The van der Waals surface area contributed by atoms with Crippen molar-refractivity contribution >= 4 is 5.69 Å². The Kier molecular flexibility index (Phi) is 6.12. The number of nitrogens with zero attached hydrogens (tertiary/aromatic N) is 2. The lowest BCUT2D eigenvalue weighted by Gasteiger charge is -2.24. The van der Waals surface area contributed by atoms with E-state index in [1.165, 1.54) is 6.07 Å². The Morgan fingerprint density at radius 3 is 2.78 bits per heavy atom. The third kappa shape index (κ3) is 3.99. The Balaban J connectivity index is 2.86. The fraction of sp³-hybridized carbons (Fsp3) is 0.462. The molecule has 0 aliphatic carbocycles. The molecular weight excluding hydrogens is 235 g/mol. The summed E-state index contributed by atoms with van der Waals surface area (Å²) >= 11 is 0. The maximum atomic E-state index is 13.9. The van der Waals surface area contributed by atoms with Gasteiger partial charge < -0.3 is 14.7 Å². The van der Waals surface area contributed by atoms with Crippen LogP contribution in [-0.2, 0) is 11.3 Å². The second kappa shape index (κ2) is 7.64. The van der Waals surface area contributed by atoms with E-state index >= 15 is 0 Å². The number of halogens is 1. The van der Waals surface area contributed by atoms with Gasteiger partial charge in [0.25, 0.3) is 0 Å². The molecule has 5 heteroatoms. The van der Waals surface area contributed by atoms with Crippen molar-refractivity contribution in [3.8, 4) is 6.07 Å². The zero-order chi connectivity index (χ0) is 13.4. The number of rotatable bonds is 7. The first-order valence-corrected chi connectivity index (χ1v) is 5.73. The van der Waals surface area contributed by atoms with Gasteiger partial charge in [0.1, 0.15) is 5.82 Å². The minimum atomic E-state index is -0.393. The summed E-state index contributed by atoms with van der Waals surface area (Å²) in [5.74, 6) is -0.393. The average Bonchev–Trinajstić information content (AvgIpc) is 2.39. The first kappa shape index (κ1) is 14.4. The molecule has 0 unspecified atom stereocenters. The fourth-order valence-corrected chi connectivity index (χ4v) is 1.64. The molecule has 0 fully saturated rings. The van der Waals surface area contributed by atoms with E-state index in [0.29, 0.717) is 37.4 Å². The summed E-state index contributed by atoms with van der Waals surface area (Å²) in [6.45, 7) is 1.25. The van der Waals surface area contributed by atoms with Crippen LogP contribution in [0.4, 0.5) is 10.1 Å². The number of anilines is 1. The second-order valence-corrected chi connectivity index (χ2v) is 3.83. The minimum Gasteiger partial charge on any atom is -0.392 e. The third-order valence-electron chi connectivity index (χ3n) is 2.59. The van der Waals surface area contributed by atoms with Crippen LogP contribution >= 0.6 is 0 Å². The molecule has 18 heavy (non-hydrogen) atoms. The normalized spacial score (nSPS) is 10.1. The van der Waals surface area contributed by atoms with Crippen LogP contribution in [0.1, 0.15) is 12.0 Å². The zero-order valence-corrected chi connectivity index (χ0v) is 10.4. The lowest BCUT2D eigenvalue weighted by atomic mass is 10.2. The van der Waals surface area contributed by atoms with Crippen LogP contribution in [0, 0.1) is 17.1 Å². The predicted octanol–water partition coefficient (Wildman–Crippen LogP) is 1.68. The van der Waals surface area contributed by atoms with E-state index in [9.17, 15) is 4.39 Å². The summed E-state index contributed by atoms with van der Waals surface area (Å²) in [5, 5.41) is 17.5. The van der Waals surface area contributed by atoms with Gasteiger partial charge in [0.05, 0.1) is 31.4 Å². The molecule has 0 amide bonds. The first-order valence-electron chi connectivity index (χ1n) is 5.73. The minimum absolute atomic E-state index is 0.187. The van der Waals surface area contributed by atoms with Gasteiger partial charge in [-0.05, 0) is 17.7 Å². The Bertz CT molecular complexity index is 418. The lowest BCUT2D eigenvalue weighted by Crippen LogP contribution is -2.29. The average molecular weight is 252 g/mol. The van der Waals surface area contributed by atoms with Gasteiger partial charge >= 0.3 is 0 Å². The van der Waals surface area contributed by atoms with Gasteiger partial charge in [0.15, 0.2) is 0 Å². The van der Waals surface area contributed by atoms with Crippen LogP contribution in [0.15, 0.2) is 18.2 Å². The van der Waals surface area contributed by atoms with Gasteiger partial charge in [-0.3, -0.25) is 0 Å². The summed E-state index contributed by atoms with van der Waals surface area (Å²) in [7, 11) is 1.58.